The number of hydrogen-bond donors (Lipinski definition) is 0. The van der Waals surface area contributed by atoms with Crippen LogP contribution in [0, 0.1) is 0 Å². The van der Waals surface area contributed by atoms with Gasteiger partial charge in [0, 0.05) is 4.90 Å². The zero-order chi connectivity index (χ0) is 16.4. The first-order valence-corrected chi connectivity index (χ1v) is 8.00. The van der Waals surface area contributed by atoms with Gasteiger partial charge in [-0.15, -0.1) is 11.8 Å². The molecule has 7 heteroatoms. The highest BCUT2D eigenvalue weighted by Crippen LogP contribution is 2.27. The van der Waals surface area contributed by atoms with Crippen molar-refractivity contribution in [1.29, 1.82) is 0 Å². The molecule has 0 fully saturated rings. The highest BCUT2D eigenvalue weighted by atomic mass is 35.5. The number of hydroxylamine groups is 2. The molecule has 0 atom stereocenters. The Bertz CT molecular complexity index is 773. The lowest BCUT2D eigenvalue weighted by Gasteiger charge is -2.12. The second kappa shape index (κ2) is 6.44. The van der Waals surface area contributed by atoms with Crippen LogP contribution in [0.1, 0.15) is 20.7 Å². The van der Waals surface area contributed by atoms with Gasteiger partial charge in [0.25, 0.3) is 11.8 Å². The number of hydrogen-bond acceptors (Lipinski definition) is 5. The van der Waals surface area contributed by atoms with Crippen molar-refractivity contribution in [2.45, 2.75) is 4.90 Å². The van der Waals surface area contributed by atoms with Gasteiger partial charge < -0.3 is 4.84 Å². The lowest BCUT2D eigenvalue weighted by molar-refractivity contribution is -0.165. The van der Waals surface area contributed by atoms with Crippen LogP contribution in [0.15, 0.2) is 53.4 Å². The predicted octanol–water partition coefficient (Wildman–Crippen LogP) is 3.19. The monoisotopic (exact) mass is 347 g/mol. The Kier molecular flexibility index (Phi) is 4.36. The van der Waals surface area contributed by atoms with Crippen molar-refractivity contribution < 1.29 is 19.2 Å². The molecule has 2 aromatic rings. The van der Waals surface area contributed by atoms with Crippen LogP contribution >= 0.6 is 23.4 Å². The number of carbonyl (C=O) groups is 3. The van der Waals surface area contributed by atoms with Crippen molar-refractivity contribution in [3.05, 3.63) is 64.7 Å². The van der Waals surface area contributed by atoms with Crippen LogP contribution in [0.3, 0.4) is 0 Å². The van der Waals surface area contributed by atoms with Crippen molar-refractivity contribution in [3.8, 4) is 0 Å². The number of benzene rings is 2. The molecule has 1 heterocycles. The van der Waals surface area contributed by atoms with E-state index in [2.05, 4.69) is 0 Å². The largest absolute Gasteiger partial charge is 0.343 e. The molecule has 116 valence electrons. The summed E-state index contributed by atoms with van der Waals surface area (Å²) in [5.74, 6) is -2.05. The van der Waals surface area contributed by atoms with E-state index in [1.54, 1.807) is 36.4 Å². The van der Waals surface area contributed by atoms with Crippen LogP contribution in [0.4, 0.5) is 0 Å². The van der Waals surface area contributed by atoms with Gasteiger partial charge in [0.15, 0.2) is 0 Å². The van der Waals surface area contributed by atoms with Crippen LogP contribution in [0.5, 0.6) is 0 Å². The lowest BCUT2D eigenvalue weighted by Crippen LogP contribution is -2.33. The Balaban J connectivity index is 1.64. The SMILES string of the molecule is O=C(CSc1ccccc1Cl)ON1C(=O)c2ccccc2C1=O. The molecule has 0 saturated carbocycles. The summed E-state index contributed by atoms with van der Waals surface area (Å²) >= 11 is 7.16. The molecule has 2 amide bonds. The molecule has 2 aromatic carbocycles. The van der Waals surface area contributed by atoms with Crippen molar-refractivity contribution >= 4 is 41.1 Å². The average Bonchev–Trinajstić information content (AvgIpc) is 2.80. The Morgan fingerprint density at radius 1 is 1.00 bits per heavy atom. The number of imide groups is 1. The number of halogens is 1. The predicted molar refractivity (Wildman–Crippen MR) is 85.2 cm³/mol. The Morgan fingerprint density at radius 3 is 2.17 bits per heavy atom. The molecule has 0 unspecified atom stereocenters. The molecular formula is C16H10ClNO4S. The molecule has 23 heavy (non-hydrogen) atoms. The maximum atomic E-state index is 12.1. The van der Waals surface area contributed by atoms with Crippen LogP contribution in [-0.4, -0.2) is 28.6 Å². The van der Waals surface area contributed by atoms with Gasteiger partial charge in [-0.2, -0.15) is 0 Å². The van der Waals surface area contributed by atoms with E-state index in [4.69, 9.17) is 16.4 Å². The van der Waals surface area contributed by atoms with Gasteiger partial charge in [0.05, 0.1) is 21.9 Å². The van der Waals surface area contributed by atoms with Crippen molar-refractivity contribution in [2.75, 3.05) is 5.75 Å². The quantitative estimate of drug-likeness (QED) is 0.628. The number of thioether (sulfide) groups is 1. The fraction of sp³-hybridized carbons (Fsp3) is 0.0625. The summed E-state index contributed by atoms with van der Waals surface area (Å²) in [7, 11) is 0. The Labute approximate surface area is 141 Å². The minimum absolute atomic E-state index is 0.0723. The second-order valence-corrected chi connectivity index (χ2v) is 6.06. The van der Waals surface area contributed by atoms with Gasteiger partial charge in [-0.3, -0.25) is 9.59 Å². The summed E-state index contributed by atoms with van der Waals surface area (Å²) in [6.07, 6.45) is 0. The Morgan fingerprint density at radius 2 is 1.57 bits per heavy atom. The molecule has 0 spiro atoms. The third-order valence-electron chi connectivity index (χ3n) is 3.13. The third kappa shape index (κ3) is 3.09. The molecule has 0 saturated heterocycles. The maximum Gasteiger partial charge on any atom is 0.343 e. The van der Waals surface area contributed by atoms with Gasteiger partial charge in [-0.25, -0.2) is 4.79 Å². The van der Waals surface area contributed by atoms with Crippen molar-refractivity contribution in [3.63, 3.8) is 0 Å². The van der Waals surface area contributed by atoms with E-state index in [1.165, 1.54) is 23.9 Å². The third-order valence-corrected chi connectivity index (χ3v) is 4.62. The van der Waals surface area contributed by atoms with Crippen molar-refractivity contribution in [2.24, 2.45) is 0 Å². The number of carbonyl (C=O) groups excluding carboxylic acids is 3. The number of amides is 2. The Hall–Kier alpha value is -2.31. The molecule has 3 rings (SSSR count). The highest BCUT2D eigenvalue weighted by molar-refractivity contribution is 8.00. The molecule has 0 radical (unpaired) electrons. The molecule has 5 nitrogen and oxygen atoms in total. The summed E-state index contributed by atoms with van der Waals surface area (Å²) < 4.78 is 0. The van der Waals surface area contributed by atoms with E-state index in [9.17, 15) is 14.4 Å². The van der Waals surface area contributed by atoms with Crippen LogP contribution in [-0.2, 0) is 9.63 Å². The molecule has 0 bridgehead atoms. The normalized spacial score (nSPS) is 13.2. The van der Waals surface area contributed by atoms with Gasteiger partial charge in [-0.1, -0.05) is 40.9 Å². The molecule has 0 N–H and O–H groups in total. The first-order chi connectivity index (χ1) is 11.1. The number of fused-ring (bicyclic) bond motifs is 1. The fourth-order valence-electron chi connectivity index (χ4n) is 2.08. The minimum atomic E-state index is -0.704. The molecule has 0 aromatic heterocycles. The van der Waals surface area contributed by atoms with E-state index >= 15 is 0 Å². The first kappa shape index (κ1) is 15.6. The summed E-state index contributed by atoms with van der Waals surface area (Å²) in [5.41, 5.74) is 0.452. The first-order valence-electron chi connectivity index (χ1n) is 6.64. The topological polar surface area (TPSA) is 63.7 Å². The lowest BCUT2D eigenvalue weighted by atomic mass is 10.1. The van der Waals surface area contributed by atoms with Crippen LogP contribution in [0.2, 0.25) is 5.02 Å². The van der Waals surface area contributed by atoms with E-state index < -0.39 is 17.8 Å². The minimum Gasteiger partial charge on any atom is -0.329 e. The standard InChI is InChI=1S/C16H10ClNO4S/c17-12-7-3-4-8-13(12)23-9-14(19)22-18-15(20)10-5-1-2-6-11(10)16(18)21/h1-8H,9H2. The molecule has 0 aliphatic carbocycles. The average molecular weight is 348 g/mol. The zero-order valence-electron chi connectivity index (χ0n) is 11.7. The fourth-order valence-corrected chi connectivity index (χ4v) is 3.08. The zero-order valence-corrected chi connectivity index (χ0v) is 13.3. The van der Waals surface area contributed by atoms with E-state index in [0.717, 1.165) is 0 Å². The molecular weight excluding hydrogens is 338 g/mol. The number of rotatable bonds is 4. The second-order valence-electron chi connectivity index (χ2n) is 4.63. The smallest absolute Gasteiger partial charge is 0.329 e. The summed E-state index contributed by atoms with van der Waals surface area (Å²) in [4.78, 5) is 41.7. The number of nitrogens with zero attached hydrogens (tertiary/aromatic N) is 1. The summed E-state index contributed by atoms with van der Waals surface area (Å²) in [5, 5.41) is 1.02. The van der Waals surface area contributed by atoms with Gasteiger partial charge in [0.1, 0.15) is 0 Å². The highest BCUT2D eigenvalue weighted by Gasteiger charge is 2.38. The van der Waals surface area contributed by atoms with E-state index in [0.29, 0.717) is 15.0 Å². The van der Waals surface area contributed by atoms with E-state index in [-0.39, 0.29) is 16.9 Å². The summed E-state index contributed by atoms with van der Waals surface area (Å²) in [6.45, 7) is 0. The van der Waals surface area contributed by atoms with Crippen molar-refractivity contribution in [1.82, 2.24) is 5.06 Å². The van der Waals surface area contributed by atoms with Gasteiger partial charge in [-0.05, 0) is 24.3 Å². The molecule has 1 aliphatic heterocycles. The van der Waals surface area contributed by atoms with Gasteiger partial charge in [0.2, 0.25) is 0 Å². The van der Waals surface area contributed by atoms with E-state index in [1.807, 2.05) is 0 Å². The van der Waals surface area contributed by atoms with Crippen LogP contribution in [0.25, 0.3) is 0 Å². The maximum absolute atomic E-state index is 12.1. The summed E-state index contributed by atoms with van der Waals surface area (Å²) in [6, 6.07) is 13.4. The van der Waals surface area contributed by atoms with Gasteiger partial charge >= 0.3 is 5.97 Å². The van der Waals surface area contributed by atoms with Crippen LogP contribution < -0.4 is 0 Å². The molecule has 1 aliphatic rings.